The number of Topliss-reactive ketones (excluding diaryl/α,β-unsaturated/α-hetero) is 1. The maximum Gasteiger partial charge on any atom is 0.301 e. The molecule has 5 rings (SSSR count). The van der Waals surface area contributed by atoms with E-state index in [1.807, 2.05) is 18.2 Å². The van der Waals surface area contributed by atoms with Crippen LogP contribution >= 0.6 is 34.7 Å². The summed E-state index contributed by atoms with van der Waals surface area (Å²) in [6.07, 6.45) is 2.94. The number of methoxy groups -OCH3 is 1. The number of benzene rings is 2. The van der Waals surface area contributed by atoms with Gasteiger partial charge in [0.25, 0.3) is 5.78 Å². The Bertz CT molecular complexity index is 1560. The van der Waals surface area contributed by atoms with Gasteiger partial charge in [-0.3, -0.25) is 19.5 Å². The van der Waals surface area contributed by atoms with Gasteiger partial charge in [0.1, 0.15) is 5.76 Å². The molecule has 12 heteroatoms. The Morgan fingerprint density at radius 3 is 2.63 bits per heavy atom. The Balaban J connectivity index is 1.57. The second-order valence-corrected chi connectivity index (χ2v) is 10.7. The number of aliphatic hydroxyl groups is 1. The van der Waals surface area contributed by atoms with Crippen LogP contribution in [0, 0.1) is 0 Å². The lowest BCUT2D eigenvalue weighted by atomic mass is 9.95. The lowest BCUT2D eigenvalue weighted by Crippen LogP contribution is -2.29. The van der Waals surface area contributed by atoms with Crippen LogP contribution < -0.4 is 9.64 Å². The van der Waals surface area contributed by atoms with Crippen molar-refractivity contribution in [2.75, 3.05) is 12.0 Å². The summed E-state index contributed by atoms with van der Waals surface area (Å²) in [7, 11) is 1.39. The highest BCUT2D eigenvalue weighted by Gasteiger charge is 2.48. The number of amides is 1. The second-order valence-electron chi connectivity index (χ2n) is 8.07. The standard InChI is InChI=1S/C26H19ClN4O5S2/c1-36-19-12-15(6-7-18(19)32)21-20(22(33)14-8-10-28-11-9-14)23(34)24(35)31(21)25-29-30-26(38-25)37-13-16-4-2-3-5-17(16)27/h2-12,21,32-33H,13H2,1H3/b22-20+. The van der Waals surface area contributed by atoms with Gasteiger partial charge in [-0.1, -0.05) is 59.0 Å². The van der Waals surface area contributed by atoms with Crippen LogP contribution in [0.15, 0.2) is 76.9 Å². The van der Waals surface area contributed by atoms with Crippen LogP contribution in [0.2, 0.25) is 5.02 Å². The molecule has 0 spiro atoms. The van der Waals surface area contributed by atoms with E-state index < -0.39 is 17.7 Å². The van der Waals surface area contributed by atoms with Gasteiger partial charge >= 0.3 is 5.91 Å². The summed E-state index contributed by atoms with van der Waals surface area (Å²) in [6.45, 7) is 0. The van der Waals surface area contributed by atoms with Gasteiger partial charge in [-0.25, -0.2) is 0 Å². The average Bonchev–Trinajstić information content (AvgIpc) is 3.50. The summed E-state index contributed by atoms with van der Waals surface area (Å²) in [5, 5.41) is 30.5. The van der Waals surface area contributed by atoms with E-state index in [0.717, 1.165) is 16.9 Å². The molecule has 0 radical (unpaired) electrons. The molecule has 1 saturated heterocycles. The van der Waals surface area contributed by atoms with Crippen molar-refractivity contribution in [1.29, 1.82) is 0 Å². The third kappa shape index (κ3) is 4.83. The lowest BCUT2D eigenvalue weighted by molar-refractivity contribution is -0.132. The predicted octanol–water partition coefficient (Wildman–Crippen LogP) is 5.22. The summed E-state index contributed by atoms with van der Waals surface area (Å²) in [6, 6.07) is 13.9. The number of pyridine rings is 1. The Morgan fingerprint density at radius 2 is 1.89 bits per heavy atom. The van der Waals surface area contributed by atoms with Gasteiger partial charge < -0.3 is 14.9 Å². The molecule has 1 unspecified atom stereocenters. The topological polar surface area (TPSA) is 126 Å². The quantitative estimate of drug-likeness (QED) is 0.102. The van der Waals surface area contributed by atoms with E-state index in [9.17, 15) is 19.8 Å². The summed E-state index contributed by atoms with van der Waals surface area (Å²) in [4.78, 5) is 31.8. The molecular weight excluding hydrogens is 548 g/mol. The molecule has 0 aliphatic carbocycles. The minimum absolute atomic E-state index is 0.114. The smallest absolute Gasteiger partial charge is 0.301 e. The molecule has 3 heterocycles. The van der Waals surface area contributed by atoms with E-state index in [1.165, 1.54) is 60.4 Å². The maximum absolute atomic E-state index is 13.3. The van der Waals surface area contributed by atoms with Crippen molar-refractivity contribution in [1.82, 2.24) is 15.2 Å². The zero-order valence-corrected chi connectivity index (χ0v) is 22.1. The number of aliphatic hydroxyl groups excluding tert-OH is 1. The van der Waals surface area contributed by atoms with E-state index in [1.54, 1.807) is 12.1 Å². The highest BCUT2D eigenvalue weighted by Crippen LogP contribution is 2.45. The molecular formula is C26H19ClN4O5S2. The molecule has 0 saturated carbocycles. The number of phenolic OH excluding ortho intramolecular Hbond substituents is 1. The molecule has 2 N–H and O–H groups in total. The number of hydrogen-bond acceptors (Lipinski definition) is 10. The number of aromatic nitrogens is 3. The number of ketones is 1. The van der Waals surface area contributed by atoms with Crippen LogP contribution in [0.3, 0.4) is 0 Å². The minimum Gasteiger partial charge on any atom is -0.507 e. The number of halogens is 1. The van der Waals surface area contributed by atoms with Gasteiger partial charge in [-0.2, -0.15) is 0 Å². The van der Waals surface area contributed by atoms with Crippen molar-refractivity contribution in [2.45, 2.75) is 16.1 Å². The SMILES string of the molecule is COc1cc(C2/C(=C(\O)c3ccncc3)C(=O)C(=O)N2c2nnc(SCc3ccccc3Cl)s2)ccc1O. The molecule has 9 nitrogen and oxygen atoms in total. The van der Waals surface area contributed by atoms with Crippen molar-refractivity contribution in [2.24, 2.45) is 0 Å². The minimum atomic E-state index is -1.05. The second kappa shape index (κ2) is 10.8. The third-order valence-corrected chi connectivity index (χ3v) is 8.30. The highest BCUT2D eigenvalue weighted by molar-refractivity contribution is 8.00. The molecule has 192 valence electrons. The number of ether oxygens (including phenoxy) is 1. The normalized spacial score (nSPS) is 16.7. The van der Waals surface area contributed by atoms with Gasteiger partial charge in [-0.15, -0.1) is 10.2 Å². The number of nitrogens with zero attached hydrogens (tertiary/aromatic N) is 4. The number of carbonyl (C=O) groups excluding carboxylic acids is 2. The van der Waals surface area contributed by atoms with Gasteiger partial charge in [0, 0.05) is 28.7 Å². The number of hydrogen-bond donors (Lipinski definition) is 2. The molecule has 1 amide bonds. The summed E-state index contributed by atoms with van der Waals surface area (Å²) in [5.74, 6) is -1.54. The van der Waals surface area contributed by atoms with Crippen LogP contribution in [0.25, 0.3) is 5.76 Å². The molecule has 1 fully saturated rings. The van der Waals surface area contributed by atoms with E-state index in [-0.39, 0.29) is 28.0 Å². The van der Waals surface area contributed by atoms with E-state index in [4.69, 9.17) is 16.3 Å². The Labute approximate surface area is 230 Å². The Kier molecular flexibility index (Phi) is 7.32. The fourth-order valence-corrected chi connectivity index (χ4v) is 6.14. The number of anilines is 1. The summed E-state index contributed by atoms with van der Waals surface area (Å²) >= 11 is 8.79. The van der Waals surface area contributed by atoms with Crippen molar-refractivity contribution >= 4 is 57.3 Å². The van der Waals surface area contributed by atoms with Crippen molar-refractivity contribution in [3.8, 4) is 11.5 Å². The number of aromatic hydroxyl groups is 1. The number of carbonyl (C=O) groups is 2. The molecule has 2 aromatic heterocycles. The summed E-state index contributed by atoms with van der Waals surface area (Å²) in [5.41, 5.74) is 1.54. The van der Waals surface area contributed by atoms with Crippen LogP contribution in [0.4, 0.5) is 5.13 Å². The molecule has 38 heavy (non-hydrogen) atoms. The first-order valence-corrected chi connectivity index (χ1v) is 13.3. The molecule has 1 aliphatic heterocycles. The van der Waals surface area contributed by atoms with Crippen LogP contribution in [0.1, 0.15) is 22.7 Å². The molecule has 1 atom stereocenters. The van der Waals surface area contributed by atoms with Crippen molar-refractivity contribution in [3.05, 3.63) is 94.3 Å². The molecule has 4 aromatic rings. The first-order chi connectivity index (χ1) is 18.4. The van der Waals surface area contributed by atoms with Crippen molar-refractivity contribution in [3.63, 3.8) is 0 Å². The first kappa shape index (κ1) is 25.7. The van der Waals surface area contributed by atoms with E-state index in [2.05, 4.69) is 15.2 Å². The highest BCUT2D eigenvalue weighted by atomic mass is 35.5. The molecule has 2 aromatic carbocycles. The zero-order chi connectivity index (χ0) is 26.8. The van der Waals surface area contributed by atoms with Crippen molar-refractivity contribution < 1.29 is 24.5 Å². The van der Waals surface area contributed by atoms with E-state index >= 15 is 0 Å². The average molecular weight is 567 g/mol. The Hall–Kier alpha value is -3.93. The predicted molar refractivity (Wildman–Crippen MR) is 145 cm³/mol. The Morgan fingerprint density at radius 1 is 1.13 bits per heavy atom. The fourth-order valence-electron chi connectivity index (χ4n) is 3.99. The van der Waals surface area contributed by atoms with Crippen LogP contribution in [-0.2, 0) is 15.3 Å². The third-order valence-electron chi connectivity index (χ3n) is 5.83. The summed E-state index contributed by atoms with van der Waals surface area (Å²) < 4.78 is 5.81. The number of phenols is 1. The lowest BCUT2D eigenvalue weighted by Gasteiger charge is -2.23. The number of thioether (sulfide) groups is 1. The van der Waals surface area contributed by atoms with Gasteiger partial charge in [0.05, 0.1) is 18.7 Å². The monoisotopic (exact) mass is 566 g/mol. The fraction of sp³-hybridized carbons (Fsp3) is 0.115. The molecule has 1 aliphatic rings. The van der Waals surface area contributed by atoms with Gasteiger partial charge in [-0.05, 0) is 41.5 Å². The van der Waals surface area contributed by atoms with Crippen LogP contribution in [0.5, 0.6) is 11.5 Å². The maximum atomic E-state index is 13.3. The zero-order valence-electron chi connectivity index (χ0n) is 19.7. The largest absolute Gasteiger partial charge is 0.507 e. The number of rotatable bonds is 7. The van der Waals surface area contributed by atoms with Crippen LogP contribution in [-0.4, -0.2) is 44.2 Å². The van der Waals surface area contributed by atoms with Gasteiger partial charge in [0.15, 0.2) is 15.8 Å². The molecule has 0 bridgehead atoms. The van der Waals surface area contributed by atoms with Gasteiger partial charge in [0.2, 0.25) is 5.13 Å². The first-order valence-electron chi connectivity index (χ1n) is 11.2. The van der Waals surface area contributed by atoms with E-state index in [0.29, 0.717) is 26.2 Å².